The van der Waals surface area contributed by atoms with Gasteiger partial charge in [0.25, 0.3) is 11.6 Å². The molecule has 1 aromatic rings. The molecule has 0 heterocycles. The molecule has 0 bridgehead atoms. The topological polar surface area (TPSA) is 110 Å². The maximum absolute atomic E-state index is 12.1. The lowest BCUT2D eigenvalue weighted by molar-refractivity contribution is -0.385. The number of amides is 1. The van der Waals surface area contributed by atoms with Gasteiger partial charge in [-0.05, 0) is 31.2 Å². The van der Waals surface area contributed by atoms with Crippen LogP contribution in [0, 0.1) is 16.0 Å². The van der Waals surface area contributed by atoms with Gasteiger partial charge in [-0.15, -0.1) is 11.8 Å². The number of hydrogen-bond donors (Lipinski definition) is 2. The van der Waals surface area contributed by atoms with Crippen LogP contribution in [0.15, 0.2) is 23.1 Å². The van der Waals surface area contributed by atoms with Crippen LogP contribution in [0.5, 0.6) is 0 Å². The number of aliphatic carboxylic acids is 1. The van der Waals surface area contributed by atoms with Crippen molar-refractivity contribution in [3.8, 4) is 0 Å². The van der Waals surface area contributed by atoms with Crippen molar-refractivity contribution < 1.29 is 19.6 Å². The lowest BCUT2D eigenvalue weighted by Crippen LogP contribution is -2.46. The molecule has 1 aromatic carbocycles. The Kier molecular flexibility index (Phi) is 4.46. The van der Waals surface area contributed by atoms with Crippen LogP contribution in [-0.2, 0) is 4.79 Å². The van der Waals surface area contributed by atoms with Crippen molar-refractivity contribution >= 4 is 29.3 Å². The summed E-state index contributed by atoms with van der Waals surface area (Å²) < 4.78 is 0. The van der Waals surface area contributed by atoms with Crippen LogP contribution < -0.4 is 5.32 Å². The van der Waals surface area contributed by atoms with Gasteiger partial charge in [0.1, 0.15) is 5.56 Å². The first-order valence-electron chi connectivity index (χ1n) is 6.28. The van der Waals surface area contributed by atoms with E-state index in [1.807, 2.05) is 6.26 Å². The normalized spacial score (nSPS) is 20.4. The van der Waals surface area contributed by atoms with Crippen molar-refractivity contribution in [3.05, 3.63) is 33.9 Å². The fraction of sp³-hybridized carbons (Fsp3) is 0.385. The summed E-state index contributed by atoms with van der Waals surface area (Å²) in [5.41, 5.74) is -0.245. The van der Waals surface area contributed by atoms with Crippen molar-refractivity contribution in [3.63, 3.8) is 0 Å². The van der Waals surface area contributed by atoms with E-state index in [1.54, 1.807) is 6.07 Å². The Bertz CT molecular complexity index is 598. The van der Waals surface area contributed by atoms with Gasteiger partial charge in [-0.1, -0.05) is 0 Å². The molecule has 0 aliphatic heterocycles. The lowest BCUT2D eigenvalue weighted by Gasteiger charge is -2.32. The molecule has 0 radical (unpaired) electrons. The third-order valence-corrected chi connectivity index (χ3v) is 4.19. The average molecular weight is 310 g/mol. The molecule has 0 unspecified atom stereocenters. The van der Waals surface area contributed by atoms with E-state index in [4.69, 9.17) is 5.11 Å². The van der Waals surface area contributed by atoms with E-state index in [0.29, 0.717) is 12.8 Å². The molecule has 8 heteroatoms. The highest BCUT2D eigenvalue weighted by Crippen LogP contribution is 2.29. The Balaban J connectivity index is 2.11. The number of thioether (sulfide) groups is 1. The van der Waals surface area contributed by atoms with Crippen molar-refractivity contribution in [2.24, 2.45) is 5.92 Å². The lowest BCUT2D eigenvalue weighted by atomic mass is 9.80. The number of rotatable bonds is 5. The summed E-state index contributed by atoms with van der Waals surface area (Å²) in [7, 11) is 0. The highest BCUT2D eigenvalue weighted by atomic mass is 32.2. The van der Waals surface area contributed by atoms with Gasteiger partial charge >= 0.3 is 5.97 Å². The average Bonchev–Trinajstić information content (AvgIpc) is 2.40. The fourth-order valence-electron chi connectivity index (χ4n) is 2.18. The van der Waals surface area contributed by atoms with Crippen molar-refractivity contribution in [1.82, 2.24) is 5.32 Å². The molecule has 112 valence electrons. The number of nitrogens with one attached hydrogen (secondary N) is 1. The van der Waals surface area contributed by atoms with Crippen LogP contribution in [0.2, 0.25) is 0 Å². The van der Waals surface area contributed by atoms with Crippen LogP contribution in [0.4, 0.5) is 5.69 Å². The third kappa shape index (κ3) is 3.33. The Morgan fingerprint density at radius 1 is 1.43 bits per heavy atom. The number of nitrogens with zero attached hydrogens (tertiary/aromatic N) is 1. The maximum atomic E-state index is 12.1. The molecule has 7 nitrogen and oxygen atoms in total. The molecule has 2 N–H and O–H groups in total. The number of hydrogen-bond acceptors (Lipinski definition) is 5. The summed E-state index contributed by atoms with van der Waals surface area (Å²) in [5.74, 6) is -1.86. The summed E-state index contributed by atoms with van der Waals surface area (Å²) in [6.07, 6.45) is 2.53. The highest BCUT2D eigenvalue weighted by molar-refractivity contribution is 7.98. The van der Waals surface area contributed by atoms with Crippen LogP contribution in [0.1, 0.15) is 23.2 Å². The van der Waals surface area contributed by atoms with Crippen molar-refractivity contribution in [2.45, 2.75) is 23.8 Å². The van der Waals surface area contributed by atoms with Crippen molar-refractivity contribution in [2.75, 3.05) is 6.26 Å². The largest absolute Gasteiger partial charge is 0.481 e. The van der Waals surface area contributed by atoms with Gasteiger partial charge in [-0.25, -0.2) is 0 Å². The zero-order valence-electron chi connectivity index (χ0n) is 11.2. The SMILES string of the molecule is CSc1ccc([N+](=O)[O-])c(C(=O)NC2CC(C(=O)O)C2)c1. The Labute approximate surface area is 124 Å². The van der Waals surface area contributed by atoms with Crippen LogP contribution >= 0.6 is 11.8 Å². The Morgan fingerprint density at radius 2 is 2.10 bits per heavy atom. The van der Waals surface area contributed by atoms with E-state index in [9.17, 15) is 19.7 Å². The minimum Gasteiger partial charge on any atom is -0.481 e. The minimum atomic E-state index is -0.879. The quantitative estimate of drug-likeness (QED) is 0.488. The zero-order valence-corrected chi connectivity index (χ0v) is 12.1. The number of benzene rings is 1. The van der Waals surface area contributed by atoms with Gasteiger partial charge in [0.15, 0.2) is 0 Å². The molecule has 1 amide bonds. The smallest absolute Gasteiger partial charge is 0.306 e. The first-order chi connectivity index (χ1) is 9.92. The van der Waals surface area contributed by atoms with Crippen molar-refractivity contribution in [1.29, 1.82) is 0 Å². The van der Waals surface area contributed by atoms with E-state index in [2.05, 4.69) is 5.32 Å². The first kappa shape index (κ1) is 15.3. The van der Waals surface area contributed by atoms with Gasteiger partial charge in [0.2, 0.25) is 0 Å². The van der Waals surface area contributed by atoms with Crippen LogP contribution in [0.3, 0.4) is 0 Å². The molecule has 1 fully saturated rings. The number of carbonyl (C=O) groups excluding carboxylic acids is 1. The number of carboxylic acids is 1. The van der Waals surface area contributed by atoms with E-state index >= 15 is 0 Å². The molecule has 1 saturated carbocycles. The number of carboxylic acid groups (broad SMARTS) is 1. The molecule has 21 heavy (non-hydrogen) atoms. The summed E-state index contributed by atoms with van der Waals surface area (Å²) in [6, 6.07) is 4.13. The van der Waals surface area contributed by atoms with Crippen LogP contribution in [-0.4, -0.2) is 34.2 Å². The second-order valence-corrected chi connectivity index (χ2v) is 5.70. The monoisotopic (exact) mass is 310 g/mol. The van der Waals surface area contributed by atoms with Gasteiger partial charge in [0.05, 0.1) is 10.8 Å². The summed E-state index contributed by atoms with van der Waals surface area (Å²) >= 11 is 1.38. The zero-order chi connectivity index (χ0) is 15.6. The van der Waals surface area contributed by atoms with E-state index in [0.717, 1.165) is 4.90 Å². The van der Waals surface area contributed by atoms with E-state index in [-0.39, 0.29) is 17.3 Å². The number of nitro groups is 1. The van der Waals surface area contributed by atoms with Crippen LogP contribution in [0.25, 0.3) is 0 Å². The number of nitro benzene ring substituents is 1. The maximum Gasteiger partial charge on any atom is 0.306 e. The third-order valence-electron chi connectivity index (χ3n) is 3.47. The molecule has 0 saturated heterocycles. The highest BCUT2D eigenvalue weighted by Gasteiger charge is 2.36. The predicted octanol–water partition coefficient (Wildman–Crippen LogP) is 1.91. The standard InChI is InChI=1S/C13H14N2O5S/c1-21-9-2-3-11(15(19)20)10(6-9)12(16)14-8-4-7(5-8)13(17)18/h2-3,6-8H,4-5H2,1H3,(H,14,16)(H,17,18). The van der Waals surface area contributed by atoms with Gasteiger partial charge in [-0.2, -0.15) is 0 Å². The molecule has 2 rings (SSSR count). The number of carbonyl (C=O) groups is 2. The van der Waals surface area contributed by atoms with E-state index < -0.39 is 22.7 Å². The fourth-order valence-corrected chi connectivity index (χ4v) is 2.62. The van der Waals surface area contributed by atoms with Gasteiger partial charge < -0.3 is 10.4 Å². The summed E-state index contributed by atoms with van der Waals surface area (Å²) in [6.45, 7) is 0. The summed E-state index contributed by atoms with van der Waals surface area (Å²) in [4.78, 5) is 34.0. The molecule has 1 aliphatic carbocycles. The molecular formula is C13H14N2O5S. The molecule has 1 aliphatic rings. The summed E-state index contributed by atoms with van der Waals surface area (Å²) in [5, 5.41) is 22.4. The molecule has 0 aromatic heterocycles. The Morgan fingerprint density at radius 3 is 2.62 bits per heavy atom. The second-order valence-electron chi connectivity index (χ2n) is 4.82. The van der Waals surface area contributed by atoms with Gasteiger partial charge in [-0.3, -0.25) is 19.7 Å². The Hall–Kier alpha value is -2.09. The van der Waals surface area contributed by atoms with E-state index in [1.165, 1.54) is 23.9 Å². The molecule has 0 atom stereocenters. The molecular weight excluding hydrogens is 296 g/mol. The molecule has 0 spiro atoms. The predicted molar refractivity (Wildman–Crippen MR) is 76.5 cm³/mol. The first-order valence-corrected chi connectivity index (χ1v) is 7.51. The minimum absolute atomic E-state index is 0.00521. The van der Waals surface area contributed by atoms with Gasteiger partial charge in [0, 0.05) is 17.0 Å². The second kappa shape index (κ2) is 6.13.